The number of carbonyl (C=O) groups excluding carboxylic acids is 3. The van der Waals surface area contributed by atoms with E-state index in [9.17, 15) is 14.4 Å². The number of allylic oxidation sites excluding steroid dienone is 8. The van der Waals surface area contributed by atoms with Gasteiger partial charge in [-0.25, -0.2) is 9.78 Å². The summed E-state index contributed by atoms with van der Waals surface area (Å²) in [5, 5.41) is 2.76. The first kappa shape index (κ1) is 39.4. The summed E-state index contributed by atoms with van der Waals surface area (Å²) in [6.07, 6.45) is 21.3. The second-order valence-electron chi connectivity index (χ2n) is 18.2. The summed E-state index contributed by atoms with van der Waals surface area (Å²) < 4.78 is 4.82. The maximum Gasteiger partial charge on any atom is 0.407 e. The van der Waals surface area contributed by atoms with E-state index in [1.165, 1.54) is 65.6 Å². The smallest absolute Gasteiger partial charge is 0.407 e. The topological polar surface area (TPSA) is 149 Å². The molecule has 6 aliphatic rings. The Hall–Kier alpha value is -4.38. The number of H-pyrrole nitrogens is 2. The van der Waals surface area contributed by atoms with E-state index in [-0.39, 0.29) is 35.7 Å². The molecule has 0 aromatic carbocycles. The zero-order valence-corrected chi connectivity index (χ0v) is 34.8. The second-order valence-corrected chi connectivity index (χ2v) is 18.2. The molecular weight excluding hydrogens is 715 g/mol. The second kappa shape index (κ2) is 16.1. The molecule has 5 N–H and O–H groups in total. The zero-order valence-electron chi connectivity index (χ0n) is 34.8. The summed E-state index contributed by atoms with van der Waals surface area (Å²) in [6.45, 7) is 11.5. The molecule has 2 saturated heterocycles. The Bertz CT molecular complexity index is 2000. The SMILES string of the molecule is CCc1cc(C2=CC=C(C3=CC=C(c4cnc(C5CCCN5C(=O)C(NC(=O)OC)C(C)C)[nH]4)C4CC5CCC5C34)CC2)[nH]c1C1CCCN1C(=O)C(N)C(C)C. The summed E-state index contributed by atoms with van der Waals surface area (Å²) in [4.78, 5) is 55.6. The number of nitrogens with zero attached hydrogens (tertiary/aromatic N) is 3. The first-order valence-electron chi connectivity index (χ1n) is 21.8. The minimum absolute atomic E-state index is 0.0579. The lowest BCUT2D eigenvalue weighted by Gasteiger charge is -2.38. The fourth-order valence-corrected chi connectivity index (χ4v) is 11.0. The molecule has 0 radical (unpaired) electrons. The van der Waals surface area contributed by atoms with Gasteiger partial charge in [0.2, 0.25) is 11.8 Å². The van der Waals surface area contributed by atoms with Crippen LogP contribution in [-0.2, 0) is 20.7 Å². The van der Waals surface area contributed by atoms with Gasteiger partial charge in [0, 0.05) is 24.5 Å². The molecule has 3 amide bonds. The third-order valence-electron chi connectivity index (χ3n) is 14.3. The van der Waals surface area contributed by atoms with Gasteiger partial charge in [-0.3, -0.25) is 9.59 Å². The number of hydrogen-bond donors (Lipinski definition) is 4. The molecule has 57 heavy (non-hydrogen) atoms. The quantitative estimate of drug-likeness (QED) is 0.183. The average molecular weight is 778 g/mol. The van der Waals surface area contributed by atoms with E-state index in [1.54, 1.807) is 0 Å². The Balaban J connectivity index is 1.02. The maximum absolute atomic E-state index is 13.8. The van der Waals surface area contributed by atoms with Gasteiger partial charge in [0.05, 0.1) is 37.1 Å². The van der Waals surface area contributed by atoms with E-state index in [2.05, 4.69) is 52.6 Å². The number of imidazole rings is 1. The number of aromatic amines is 2. The number of methoxy groups -OCH3 is 1. The van der Waals surface area contributed by atoms with Crippen molar-refractivity contribution in [3.05, 3.63) is 76.2 Å². The fourth-order valence-electron chi connectivity index (χ4n) is 11.0. The van der Waals surface area contributed by atoms with Crippen molar-refractivity contribution in [2.24, 2.45) is 41.2 Å². The molecule has 8 unspecified atom stereocenters. The van der Waals surface area contributed by atoms with Crippen molar-refractivity contribution in [3.63, 3.8) is 0 Å². The Kier molecular flexibility index (Phi) is 11.1. The van der Waals surface area contributed by atoms with Gasteiger partial charge < -0.3 is 35.6 Å². The molecule has 0 bridgehead atoms. The van der Waals surface area contributed by atoms with E-state index in [1.807, 2.05) is 43.7 Å². The number of carbonyl (C=O) groups is 3. The van der Waals surface area contributed by atoms with Crippen LogP contribution in [0.2, 0.25) is 0 Å². The first-order valence-corrected chi connectivity index (χ1v) is 21.8. The van der Waals surface area contributed by atoms with E-state index in [4.69, 9.17) is 15.5 Å². The van der Waals surface area contributed by atoms with Crippen LogP contribution in [0, 0.1) is 35.5 Å². The minimum atomic E-state index is -0.657. The van der Waals surface area contributed by atoms with Crippen LogP contribution in [0.5, 0.6) is 0 Å². The Morgan fingerprint density at radius 3 is 2.23 bits per heavy atom. The molecule has 2 aromatic rings. The number of nitrogens with two attached hydrogens (primary N) is 1. The molecule has 0 spiro atoms. The highest BCUT2D eigenvalue weighted by Crippen LogP contribution is 2.61. The lowest BCUT2D eigenvalue weighted by molar-refractivity contribution is -0.136. The third-order valence-corrected chi connectivity index (χ3v) is 14.3. The minimum Gasteiger partial charge on any atom is -0.453 e. The largest absolute Gasteiger partial charge is 0.453 e. The van der Waals surface area contributed by atoms with Gasteiger partial charge in [-0.15, -0.1) is 0 Å². The van der Waals surface area contributed by atoms with Crippen LogP contribution in [0.1, 0.15) is 133 Å². The first-order chi connectivity index (χ1) is 27.5. The van der Waals surface area contributed by atoms with Crippen LogP contribution in [0.25, 0.3) is 11.1 Å². The summed E-state index contributed by atoms with van der Waals surface area (Å²) in [5.74, 6) is 3.26. The lowest BCUT2D eigenvalue weighted by atomic mass is 9.66. The fraction of sp³-hybridized carbons (Fsp3) is 0.609. The van der Waals surface area contributed by atoms with Crippen LogP contribution in [0.15, 0.2) is 47.7 Å². The van der Waals surface area contributed by atoms with Crippen molar-refractivity contribution in [2.75, 3.05) is 20.2 Å². The van der Waals surface area contributed by atoms with Crippen LogP contribution in [0.3, 0.4) is 0 Å². The van der Waals surface area contributed by atoms with Crippen molar-refractivity contribution in [1.82, 2.24) is 30.1 Å². The number of alkyl carbamates (subject to hydrolysis) is 1. The van der Waals surface area contributed by atoms with E-state index in [0.29, 0.717) is 18.4 Å². The van der Waals surface area contributed by atoms with Gasteiger partial charge in [0.25, 0.3) is 0 Å². The number of amides is 3. The van der Waals surface area contributed by atoms with Gasteiger partial charge in [-0.05, 0) is 134 Å². The maximum atomic E-state index is 13.8. The van der Waals surface area contributed by atoms with Crippen molar-refractivity contribution >= 4 is 29.1 Å². The Morgan fingerprint density at radius 2 is 1.58 bits per heavy atom. The molecule has 2 saturated carbocycles. The van der Waals surface area contributed by atoms with Crippen molar-refractivity contribution < 1.29 is 19.1 Å². The number of hydrogen-bond acceptors (Lipinski definition) is 6. The summed E-state index contributed by atoms with van der Waals surface area (Å²) in [5.41, 5.74) is 16.7. The van der Waals surface area contributed by atoms with Gasteiger partial charge >= 0.3 is 6.09 Å². The average Bonchev–Trinajstić information content (AvgIpc) is 4.05. The number of rotatable bonds is 11. The predicted octanol–water partition coefficient (Wildman–Crippen LogP) is 7.78. The monoisotopic (exact) mass is 777 g/mol. The summed E-state index contributed by atoms with van der Waals surface area (Å²) >= 11 is 0. The highest BCUT2D eigenvalue weighted by Gasteiger charge is 2.52. The molecule has 8 rings (SSSR count). The van der Waals surface area contributed by atoms with Crippen molar-refractivity contribution in [2.45, 2.75) is 123 Å². The molecular formula is C46H63N7O4. The lowest BCUT2D eigenvalue weighted by Crippen LogP contribution is -2.51. The van der Waals surface area contributed by atoms with Crippen LogP contribution in [0.4, 0.5) is 4.79 Å². The number of ether oxygens (including phenoxy) is 1. The molecule has 11 heteroatoms. The molecule has 11 nitrogen and oxygen atoms in total. The highest BCUT2D eigenvalue weighted by atomic mass is 16.5. The number of nitrogens with one attached hydrogen (secondary N) is 3. The van der Waals surface area contributed by atoms with Gasteiger partial charge in [0.15, 0.2) is 0 Å². The number of fused-ring (bicyclic) bond motifs is 3. The van der Waals surface area contributed by atoms with Gasteiger partial charge in [0.1, 0.15) is 11.9 Å². The van der Waals surface area contributed by atoms with Crippen molar-refractivity contribution in [3.8, 4) is 0 Å². The van der Waals surface area contributed by atoms with Crippen LogP contribution in [-0.4, -0.2) is 74.9 Å². The molecule has 306 valence electrons. The molecule has 4 aliphatic carbocycles. The van der Waals surface area contributed by atoms with E-state index in [0.717, 1.165) is 74.8 Å². The summed E-state index contributed by atoms with van der Waals surface area (Å²) in [7, 11) is 1.32. The van der Waals surface area contributed by atoms with Gasteiger partial charge in [-0.2, -0.15) is 0 Å². The normalized spacial score (nSPS) is 27.9. The predicted molar refractivity (Wildman–Crippen MR) is 222 cm³/mol. The van der Waals surface area contributed by atoms with E-state index < -0.39 is 18.2 Å². The van der Waals surface area contributed by atoms with E-state index >= 15 is 0 Å². The number of aryl methyl sites for hydroxylation is 1. The third kappa shape index (κ3) is 7.23. The zero-order chi connectivity index (χ0) is 40.1. The Morgan fingerprint density at radius 1 is 0.877 bits per heavy atom. The van der Waals surface area contributed by atoms with Crippen molar-refractivity contribution in [1.29, 1.82) is 0 Å². The molecule has 4 heterocycles. The molecule has 8 atom stereocenters. The number of aromatic nitrogens is 3. The molecule has 4 fully saturated rings. The molecule has 2 aliphatic heterocycles. The standard InChI is InChI=1S/C46H63N7O4/c1-7-27-23-35(49-42(27)37-10-8-20-52(37)44(54)40(47)25(2)3)29-14-12-28(13-15-29)31-18-19-33(34-22-30-16-17-32(30)39(31)34)36-24-48-43(50-36)38-11-9-21-53(38)45(55)41(26(4)5)51-46(56)57-6/h12,14,18-19,23-26,30,32,34,37-41,49H,7-11,13,15-17,20-22,47H2,1-6H3,(H,48,50)(H,51,56). The van der Waals surface area contributed by atoms with Crippen LogP contribution >= 0.6 is 0 Å². The van der Waals surface area contributed by atoms with Gasteiger partial charge in [-0.1, -0.05) is 58.9 Å². The Labute approximate surface area is 338 Å². The highest BCUT2D eigenvalue weighted by molar-refractivity contribution is 5.86. The van der Waals surface area contributed by atoms with Crippen LogP contribution < -0.4 is 11.1 Å². The number of likely N-dealkylation sites (tertiary alicyclic amines) is 2. The molecule has 2 aromatic heterocycles. The summed E-state index contributed by atoms with van der Waals surface area (Å²) in [6, 6.07) is 1.10.